The Hall–Kier alpha value is 0.430. The van der Waals surface area contributed by atoms with Gasteiger partial charge in [0.1, 0.15) is 0 Å². The van der Waals surface area contributed by atoms with Crippen LogP contribution in [0.2, 0.25) is 0 Å². The highest BCUT2D eigenvalue weighted by molar-refractivity contribution is 7.73. The molecule has 0 fully saturated rings. The van der Waals surface area contributed by atoms with Gasteiger partial charge in [-0.1, -0.05) is 26.7 Å². The molecule has 0 aromatic carbocycles. The van der Waals surface area contributed by atoms with Crippen LogP contribution in [0.1, 0.15) is 39.5 Å². The van der Waals surface area contributed by atoms with E-state index in [9.17, 15) is 0 Å². The molecule has 0 saturated carbocycles. The Morgan fingerprint density at radius 1 is 1.08 bits per heavy atom. The third-order valence-electron chi connectivity index (χ3n) is 2.35. The second kappa shape index (κ2) is 5.97. The van der Waals surface area contributed by atoms with Gasteiger partial charge in [-0.05, 0) is 18.8 Å². The standard InChI is InChI=1S/C11H26P/c1-6-8-9-11(7-2)10-12(3,4)5/h11H,6-10H2,1-5H3/q+1. The maximum absolute atomic E-state index is 2.46. The molecule has 74 valence electrons. The molecule has 0 nitrogen and oxygen atoms in total. The smallest absolute Gasteiger partial charge is 0.0614 e. The van der Waals surface area contributed by atoms with Crippen LogP contribution >= 0.6 is 7.26 Å². The molecule has 12 heavy (non-hydrogen) atoms. The summed E-state index contributed by atoms with van der Waals surface area (Å²) in [6, 6.07) is 0. The molecular weight excluding hydrogens is 163 g/mol. The van der Waals surface area contributed by atoms with Gasteiger partial charge in [0, 0.05) is 27.3 Å². The van der Waals surface area contributed by atoms with Crippen molar-refractivity contribution in [1.29, 1.82) is 0 Å². The van der Waals surface area contributed by atoms with Crippen molar-refractivity contribution in [3.05, 3.63) is 0 Å². The van der Waals surface area contributed by atoms with Crippen LogP contribution in [0, 0.1) is 5.92 Å². The van der Waals surface area contributed by atoms with Crippen LogP contribution in [0.15, 0.2) is 0 Å². The number of rotatable bonds is 6. The Kier molecular flexibility index (Phi) is 6.19. The lowest BCUT2D eigenvalue weighted by atomic mass is 10.0. The van der Waals surface area contributed by atoms with Crippen LogP contribution < -0.4 is 0 Å². The van der Waals surface area contributed by atoms with Gasteiger partial charge in [0.25, 0.3) is 0 Å². The quantitative estimate of drug-likeness (QED) is 0.552. The molecule has 0 radical (unpaired) electrons. The highest BCUT2D eigenvalue weighted by Crippen LogP contribution is 2.49. The first-order valence-electron chi connectivity index (χ1n) is 5.30. The van der Waals surface area contributed by atoms with Crippen LogP contribution in [0.4, 0.5) is 0 Å². The van der Waals surface area contributed by atoms with Gasteiger partial charge in [0.2, 0.25) is 0 Å². The van der Waals surface area contributed by atoms with E-state index in [1.807, 2.05) is 0 Å². The fraction of sp³-hybridized carbons (Fsp3) is 1.00. The van der Waals surface area contributed by atoms with Crippen molar-refractivity contribution in [3.8, 4) is 0 Å². The van der Waals surface area contributed by atoms with E-state index in [0.29, 0.717) is 0 Å². The van der Waals surface area contributed by atoms with Gasteiger partial charge in [-0.3, -0.25) is 0 Å². The highest BCUT2D eigenvalue weighted by Gasteiger charge is 2.22. The highest BCUT2D eigenvalue weighted by atomic mass is 31.2. The second-order valence-corrected chi connectivity index (χ2v) is 9.84. The van der Waals surface area contributed by atoms with Gasteiger partial charge in [0.15, 0.2) is 0 Å². The van der Waals surface area contributed by atoms with Crippen molar-refractivity contribution in [2.24, 2.45) is 5.92 Å². The molecule has 0 aliphatic rings. The Morgan fingerprint density at radius 3 is 2.00 bits per heavy atom. The zero-order valence-corrected chi connectivity index (χ0v) is 10.5. The molecule has 1 unspecified atom stereocenters. The summed E-state index contributed by atoms with van der Waals surface area (Å²) in [7, 11) is -0.529. The minimum absolute atomic E-state index is 0.529. The molecule has 1 atom stereocenters. The van der Waals surface area contributed by atoms with E-state index in [0.717, 1.165) is 5.92 Å². The first-order valence-corrected chi connectivity index (χ1v) is 8.61. The van der Waals surface area contributed by atoms with E-state index in [2.05, 4.69) is 33.8 Å². The summed E-state index contributed by atoms with van der Waals surface area (Å²) < 4.78 is 0. The summed E-state index contributed by atoms with van der Waals surface area (Å²) in [6.07, 6.45) is 7.14. The first kappa shape index (κ1) is 12.4. The molecule has 0 amide bonds. The zero-order valence-electron chi connectivity index (χ0n) is 9.56. The topological polar surface area (TPSA) is 0 Å². The van der Waals surface area contributed by atoms with Gasteiger partial charge in [0.05, 0.1) is 6.16 Å². The molecule has 0 N–H and O–H groups in total. The molecule has 0 aliphatic heterocycles. The van der Waals surface area contributed by atoms with Gasteiger partial charge >= 0.3 is 0 Å². The average molecular weight is 189 g/mol. The average Bonchev–Trinajstić information content (AvgIpc) is 1.95. The number of hydrogen-bond donors (Lipinski definition) is 0. The van der Waals surface area contributed by atoms with Gasteiger partial charge in [-0.2, -0.15) is 0 Å². The first-order chi connectivity index (χ1) is 5.49. The van der Waals surface area contributed by atoms with Gasteiger partial charge in [-0.15, -0.1) is 0 Å². The normalized spacial score (nSPS) is 14.8. The van der Waals surface area contributed by atoms with Crippen molar-refractivity contribution < 1.29 is 0 Å². The van der Waals surface area contributed by atoms with Crippen molar-refractivity contribution >= 4 is 7.26 Å². The van der Waals surface area contributed by atoms with E-state index in [1.54, 1.807) is 0 Å². The Bertz CT molecular complexity index is 102. The maximum atomic E-state index is 2.46. The van der Waals surface area contributed by atoms with E-state index in [4.69, 9.17) is 0 Å². The summed E-state index contributed by atoms with van der Waals surface area (Å²) in [5.74, 6) is 1.01. The number of unbranched alkanes of at least 4 members (excludes halogenated alkanes) is 1. The van der Waals surface area contributed by atoms with Crippen LogP contribution in [0.3, 0.4) is 0 Å². The van der Waals surface area contributed by atoms with Crippen molar-refractivity contribution in [2.45, 2.75) is 39.5 Å². The van der Waals surface area contributed by atoms with E-state index in [-0.39, 0.29) is 0 Å². The molecule has 0 aromatic rings. The van der Waals surface area contributed by atoms with E-state index < -0.39 is 7.26 Å². The lowest BCUT2D eigenvalue weighted by Gasteiger charge is -2.19. The van der Waals surface area contributed by atoms with Crippen molar-refractivity contribution in [1.82, 2.24) is 0 Å². The maximum Gasteiger partial charge on any atom is 0.0614 e. The molecule has 0 heterocycles. The van der Waals surface area contributed by atoms with Crippen LogP contribution in [0.5, 0.6) is 0 Å². The summed E-state index contributed by atoms with van der Waals surface area (Å²) in [4.78, 5) is 0. The molecule has 0 saturated heterocycles. The molecule has 0 aliphatic carbocycles. The largest absolute Gasteiger partial charge is 0.0654 e. The lowest BCUT2D eigenvalue weighted by molar-refractivity contribution is 0.496. The molecule has 0 spiro atoms. The molecule has 1 heteroatoms. The predicted molar refractivity (Wildman–Crippen MR) is 62.9 cm³/mol. The Balaban J connectivity index is 3.67. The minimum Gasteiger partial charge on any atom is -0.0654 e. The Labute approximate surface area is 79.5 Å². The van der Waals surface area contributed by atoms with E-state index in [1.165, 1.54) is 31.8 Å². The molecule has 0 bridgehead atoms. The SMILES string of the molecule is CCCCC(CC)C[P+](C)(C)C. The van der Waals surface area contributed by atoms with Gasteiger partial charge in [-0.25, -0.2) is 0 Å². The van der Waals surface area contributed by atoms with Crippen molar-refractivity contribution in [2.75, 3.05) is 26.2 Å². The summed E-state index contributed by atoms with van der Waals surface area (Å²) >= 11 is 0. The van der Waals surface area contributed by atoms with E-state index >= 15 is 0 Å². The Morgan fingerprint density at radius 2 is 1.67 bits per heavy atom. The second-order valence-electron chi connectivity index (χ2n) is 4.89. The lowest BCUT2D eigenvalue weighted by Crippen LogP contribution is -2.07. The third-order valence-corrected chi connectivity index (χ3v) is 3.96. The van der Waals surface area contributed by atoms with Crippen LogP contribution in [-0.2, 0) is 0 Å². The molecule has 0 aromatic heterocycles. The third kappa shape index (κ3) is 7.10. The zero-order chi connectivity index (χ0) is 9.61. The monoisotopic (exact) mass is 189 g/mol. The van der Waals surface area contributed by atoms with Gasteiger partial charge < -0.3 is 0 Å². The molecule has 0 rings (SSSR count). The summed E-state index contributed by atoms with van der Waals surface area (Å²) in [5.41, 5.74) is 0. The fourth-order valence-electron chi connectivity index (χ4n) is 1.69. The summed E-state index contributed by atoms with van der Waals surface area (Å²) in [6.45, 7) is 12.0. The summed E-state index contributed by atoms with van der Waals surface area (Å²) in [5, 5.41) is 0. The van der Waals surface area contributed by atoms with Crippen molar-refractivity contribution in [3.63, 3.8) is 0 Å². The molecular formula is C11H26P+. The van der Waals surface area contributed by atoms with Crippen LogP contribution in [-0.4, -0.2) is 26.2 Å². The predicted octanol–water partition coefficient (Wildman–Crippen LogP) is 4.11. The minimum atomic E-state index is -0.529. The fourth-order valence-corrected chi connectivity index (χ4v) is 3.68. The van der Waals surface area contributed by atoms with Crippen LogP contribution in [0.25, 0.3) is 0 Å². The number of hydrogen-bond acceptors (Lipinski definition) is 0.